The van der Waals surface area contributed by atoms with E-state index in [4.69, 9.17) is 0 Å². The molecule has 0 spiro atoms. The van der Waals surface area contributed by atoms with Crippen LogP contribution >= 0.6 is 0 Å². The highest BCUT2D eigenvalue weighted by atomic mass is 16.3. The van der Waals surface area contributed by atoms with Gasteiger partial charge in [0.1, 0.15) is 0 Å². The van der Waals surface area contributed by atoms with E-state index >= 15 is 0 Å². The van der Waals surface area contributed by atoms with E-state index in [0.29, 0.717) is 23.7 Å². The summed E-state index contributed by atoms with van der Waals surface area (Å²) in [5.74, 6) is 2.37. The first-order valence-corrected chi connectivity index (χ1v) is 12.9. The fourth-order valence-electron chi connectivity index (χ4n) is 8.74. The number of rotatable bonds is 5. The van der Waals surface area contributed by atoms with Crippen molar-refractivity contribution in [2.75, 3.05) is 0 Å². The standard InChI is InChI=1S/C28H46O3/c1-16(2)17(3)7-8-18(4)25-23(30)14-22-21-10-9-19-13-20(29)11-12-27(19,5)26(21)24(31)15-28(22,25)6/h9,16,18,20-26,29-31H,3,7-8,10-15H2,1-2,4-6H3/t18-,20+,21+,22-,23+,24-,25+,26+,27+,28+/m1/s1. The highest BCUT2D eigenvalue weighted by molar-refractivity contribution is 5.27. The fourth-order valence-corrected chi connectivity index (χ4v) is 8.74. The highest BCUT2D eigenvalue weighted by Gasteiger charge is 2.64. The van der Waals surface area contributed by atoms with Gasteiger partial charge in [0.25, 0.3) is 0 Å². The third-order valence-electron chi connectivity index (χ3n) is 10.5. The lowest BCUT2D eigenvalue weighted by molar-refractivity contribution is -0.131. The molecule has 4 aliphatic rings. The molecule has 0 amide bonds. The van der Waals surface area contributed by atoms with Gasteiger partial charge in [-0.15, -0.1) is 0 Å². The van der Waals surface area contributed by atoms with Crippen LogP contribution in [-0.4, -0.2) is 33.6 Å². The van der Waals surface area contributed by atoms with Crippen molar-refractivity contribution in [1.82, 2.24) is 0 Å². The van der Waals surface area contributed by atoms with Gasteiger partial charge in [-0.25, -0.2) is 0 Å². The molecule has 0 aliphatic heterocycles. The number of hydrogen-bond acceptors (Lipinski definition) is 3. The molecule has 10 atom stereocenters. The minimum absolute atomic E-state index is 0.00549. The molecule has 31 heavy (non-hydrogen) atoms. The Labute approximate surface area is 190 Å². The molecule has 0 radical (unpaired) electrons. The van der Waals surface area contributed by atoms with Crippen LogP contribution in [0, 0.1) is 46.3 Å². The van der Waals surface area contributed by atoms with Gasteiger partial charge in [-0.3, -0.25) is 0 Å². The van der Waals surface area contributed by atoms with Gasteiger partial charge in [0.2, 0.25) is 0 Å². The smallest absolute Gasteiger partial charge is 0.0585 e. The van der Waals surface area contributed by atoms with Crippen molar-refractivity contribution in [1.29, 1.82) is 0 Å². The van der Waals surface area contributed by atoms with Crippen LogP contribution in [0.2, 0.25) is 0 Å². The maximum Gasteiger partial charge on any atom is 0.0585 e. The van der Waals surface area contributed by atoms with Crippen molar-refractivity contribution in [2.24, 2.45) is 46.3 Å². The van der Waals surface area contributed by atoms with Gasteiger partial charge >= 0.3 is 0 Å². The van der Waals surface area contributed by atoms with E-state index in [1.807, 2.05) is 0 Å². The van der Waals surface area contributed by atoms with Crippen LogP contribution in [0.1, 0.15) is 86.0 Å². The molecule has 0 aromatic rings. The number of allylic oxidation sites excluding steroid dienone is 2. The molecule has 0 heterocycles. The summed E-state index contributed by atoms with van der Waals surface area (Å²) in [6.45, 7) is 15.7. The van der Waals surface area contributed by atoms with Crippen molar-refractivity contribution >= 4 is 0 Å². The molecule has 3 fully saturated rings. The first-order chi connectivity index (χ1) is 14.5. The zero-order valence-electron chi connectivity index (χ0n) is 20.5. The highest BCUT2D eigenvalue weighted by Crippen LogP contribution is 2.67. The summed E-state index contributed by atoms with van der Waals surface area (Å²) in [4.78, 5) is 0. The van der Waals surface area contributed by atoms with Crippen LogP contribution in [0.5, 0.6) is 0 Å². The van der Waals surface area contributed by atoms with E-state index in [1.165, 1.54) is 11.1 Å². The van der Waals surface area contributed by atoms with Crippen LogP contribution < -0.4 is 0 Å². The van der Waals surface area contributed by atoms with E-state index in [-0.39, 0.29) is 41.0 Å². The number of aliphatic hydroxyl groups excluding tert-OH is 3. The van der Waals surface area contributed by atoms with Crippen molar-refractivity contribution in [3.8, 4) is 0 Å². The second-order valence-corrected chi connectivity index (χ2v) is 12.5. The molecular weight excluding hydrogens is 384 g/mol. The molecule has 0 aromatic heterocycles. The summed E-state index contributed by atoms with van der Waals surface area (Å²) in [7, 11) is 0. The first-order valence-electron chi connectivity index (χ1n) is 12.9. The van der Waals surface area contributed by atoms with Gasteiger partial charge < -0.3 is 15.3 Å². The summed E-state index contributed by atoms with van der Waals surface area (Å²) in [5.41, 5.74) is 2.69. The Balaban J connectivity index is 1.58. The largest absolute Gasteiger partial charge is 0.393 e. The van der Waals surface area contributed by atoms with Gasteiger partial charge in [0, 0.05) is 0 Å². The summed E-state index contributed by atoms with van der Waals surface area (Å²) >= 11 is 0. The van der Waals surface area contributed by atoms with E-state index in [0.717, 1.165) is 51.4 Å². The van der Waals surface area contributed by atoms with Crippen molar-refractivity contribution in [3.63, 3.8) is 0 Å². The molecule has 0 bridgehead atoms. The Morgan fingerprint density at radius 3 is 2.55 bits per heavy atom. The van der Waals surface area contributed by atoms with Crippen LogP contribution in [-0.2, 0) is 0 Å². The van der Waals surface area contributed by atoms with Crippen LogP contribution in [0.3, 0.4) is 0 Å². The molecule has 4 rings (SSSR count). The van der Waals surface area contributed by atoms with Crippen molar-refractivity contribution in [2.45, 2.75) is 104 Å². The van der Waals surface area contributed by atoms with Crippen LogP contribution in [0.15, 0.2) is 23.8 Å². The molecule has 176 valence electrons. The molecule has 3 heteroatoms. The van der Waals surface area contributed by atoms with Gasteiger partial charge in [-0.2, -0.15) is 0 Å². The topological polar surface area (TPSA) is 60.7 Å². The summed E-state index contributed by atoms with van der Waals surface area (Å²) in [5, 5.41) is 33.1. The first kappa shape index (κ1) is 23.5. The number of aliphatic hydroxyl groups is 3. The second-order valence-electron chi connectivity index (χ2n) is 12.5. The van der Waals surface area contributed by atoms with Crippen molar-refractivity contribution < 1.29 is 15.3 Å². The number of fused-ring (bicyclic) bond motifs is 5. The molecule has 0 aromatic carbocycles. The fraction of sp³-hybridized carbons (Fsp3) is 0.857. The molecule has 3 N–H and O–H groups in total. The Morgan fingerprint density at radius 2 is 1.87 bits per heavy atom. The van der Waals surface area contributed by atoms with E-state index in [2.05, 4.69) is 47.3 Å². The molecule has 4 aliphatic carbocycles. The predicted octanol–water partition coefficient (Wildman–Crippen LogP) is 5.50. The lowest BCUT2D eigenvalue weighted by Gasteiger charge is -2.60. The average molecular weight is 431 g/mol. The van der Waals surface area contributed by atoms with E-state index < -0.39 is 0 Å². The summed E-state index contributed by atoms with van der Waals surface area (Å²) in [6.07, 6.45) is 8.97. The van der Waals surface area contributed by atoms with Gasteiger partial charge in [-0.1, -0.05) is 58.4 Å². The van der Waals surface area contributed by atoms with E-state index in [9.17, 15) is 15.3 Å². The van der Waals surface area contributed by atoms with Crippen LogP contribution in [0.4, 0.5) is 0 Å². The maximum atomic E-state index is 11.6. The normalized spacial score (nSPS) is 47.9. The molecule has 3 saturated carbocycles. The third kappa shape index (κ3) is 3.77. The molecular formula is C28H46O3. The zero-order chi connectivity index (χ0) is 22.7. The summed E-state index contributed by atoms with van der Waals surface area (Å²) < 4.78 is 0. The van der Waals surface area contributed by atoms with Gasteiger partial charge in [-0.05, 0) is 97.7 Å². The maximum absolute atomic E-state index is 11.6. The quantitative estimate of drug-likeness (QED) is 0.505. The minimum atomic E-state index is -0.319. The second kappa shape index (κ2) is 8.29. The molecule has 3 nitrogen and oxygen atoms in total. The van der Waals surface area contributed by atoms with E-state index in [1.54, 1.807) is 0 Å². The zero-order valence-corrected chi connectivity index (χ0v) is 20.5. The Bertz CT molecular complexity index is 726. The van der Waals surface area contributed by atoms with Crippen molar-refractivity contribution in [3.05, 3.63) is 23.8 Å². The summed E-state index contributed by atoms with van der Waals surface area (Å²) in [6, 6.07) is 0. The third-order valence-corrected chi connectivity index (χ3v) is 10.5. The molecule has 0 saturated heterocycles. The number of hydrogen-bond donors (Lipinski definition) is 3. The Morgan fingerprint density at radius 1 is 1.16 bits per heavy atom. The van der Waals surface area contributed by atoms with Crippen LogP contribution in [0.25, 0.3) is 0 Å². The minimum Gasteiger partial charge on any atom is -0.393 e. The average Bonchev–Trinajstić information content (AvgIpc) is 2.95. The lowest BCUT2D eigenvalue weighted by Crippen LogP contribution is -2.56. The monoisotopic (exact) mass is 430 g/mol. The SMILES string of the molecule is C=C(CC[C@@H](C)[C@H]1[C@@H](O)C[C@@H]2[C@@H]3CC=C4C[C@@H](O)CC[C@]4(C)[C@@H]3[C@H](O)C[C@]12C)C(C)C. The lowest BCUT2D eigenvalue weighted by atomic mass is 9.46. The van der Waals surface area contributed by atoms with Gasteiger partial charge in [0.05, 0.1) is 18.3 Å². The molecule has 0 unspecified atom stereocenters. The Kier molecular flexibility index (Phi) is 6.29. The predicted molar refractivity (Wildman–Crippen MR) is 126 cm³/mol. The van der Waals surface area contributed by atoms with Gasteiger partial charge in [0.15, 0.2) is 0 Å². The Hall–Kier alpha value is -0.640.